The SMILES string of the molecule is C=C(CC)CC(=O)c1cnsn1. The number of Topliss-reactive ketones (excluding diaryl/α,β-unsaturated/α-hetero) is 1. The van der Waals surface area contributed by atoms with Crippen molar-refractivity contribution in [2.45, 2.75) is 19.8 Å². The van der Waals surface area contributed by atoms with Gasteiger partial charge in [0.15, 0.2) is 5.78 Å². The van der Waals surface area contributed by atoms with E-state index in [1.165, 1.54) is 6.20 Å². The van der Waals surface area contributed by atoms with Gasteiger partial charge in [0.2, 0.25) is 0 Å². The number of allylic oxidation sites excluding steroid dienone is 1. The molecule has 0 spiro atoms. The molecule has 1 heterocycles. The van der Waals surface area contributed by atoms with Gasteiger partial charge in [-0.3, -0.25) is 4.79 Å². The zero-order valence-electron chi connectivity index (χ0n) is 6.91. The van der Waals surface area contributed by atoms with Crippen LogP contribution >= 0.6 is 11.7 Å². The van der Waals surface area contributed by atoms with Gasteiger partial charge in [-0.25, -0.2) is 0 Å². The maximum absolute atomic E-state index is 11.3. The summed E-state index contributed by atoms with van der Waals surface area (Å²) in [6, 6.07) is 0. The minimum atomic E-state index is 0.00981. The van der Waals surface area contributed by atoms with Crippen molar-refractivity contribution in [3.63, 3.8) is 0 Å². The van der Waals surface area contributed by atoms with Crippen LogP contribution in [0, 0.1) is 0 Å². The monoisotopic (exact) mass is 182 g/mol. The molecule has 0 aromatic carbocycles. The Morgan fingerprint density at radius 1 is 1.75 bits per heavy atom. The fraction of sp³-hybridized carbons (Fsp3) is 0.375. The molecule has 1 aromatic heterocycles. The average Bonchev–Trinajstić information content (AvgIpc) is 2.56. The van der Waals surface area contributed by atoms with Crippen LogP contribution in [0.1, 0.15) is 30.3 Å². The summed E-state index contributed by atoms with van der Waals surface area (Å²) in [5.74, 6) is 0.00981. The number of hydrogen-bond acceptors (Lipinski definition) is 4. The lowest BCUT2D eigenvalue weighted by molar-refractivity contribution is 0.0988. The van der Waals surface area contributed by atoms with Gasteiger partial charge in [0.05, 0.1) is 17.9 Å². The van der Waals surface area contributed by atoms with Gasteiger partial charge in [-0.1, -0.05) is 19.1 Å². The molecule has 0 unspecified atom stereocenters. The van der Waals surface area contributed by atoms with Crippen LogP contribution in [0.5, 0.6) is 0 Å². The molecule has 1 rings (SSSR count). The zero-order valence-corrected chi connectivity index (χ0v) is 7.73. The van der Waals surface area contributed by atoms with Gasteiger partial charge in [0.1, 0.15) is 5.69 Å². The van der Waals surface area contributed by atoms with E-state index in [0.717, 1.165) is 23.7 Å². The van der Waals surface area contributed by atoms with Crippen LogP contribution in [0.3, 0.4) is 0 Å². The van der Waals surface area contributed by atoms with Crippen molar-refractivity contribution in [1.29, 1.82) is 0 Å². The zero-order chi connectivity index (χ0) is 8.97. The first-order chi connectivity index (χ1) is 5.74. The Balaban J connectivity index is 2.56. The van der Waals surface area contributed by atoms with E-state index in [1.807, 2.05) is 6.92 Å². The molecule has 3 nitrogen and oxygen atoms in total. The highest BCUT2D eigenvalue weighted by Crippen LogP contribution is 2.08. The second-order valence-electron chi connectivity index (χ2n) is 2.50. The van der Waals surface area contributed by atoms with Crippen molar-refractivity contribution < 1.29 is 4.79 Å². The van der Waals surface area contributed by atoms with Crippen LogP contribution in [0.25, 0.3) is 0 Å². The van der Waals surface area contributed by atoms with Crippen molar-refractivity contribution in [2.24, 2.45) is 0 Å². The van der Waals surface area contributed by atoms with Gasteiger partial charge in [-0.15, -0.1) is 0 Å². The minimum Gasteiger partial charge on any atom is -0.292 e. The predicted molar refractivity (Wildman–Crippen MR) is 48.3 cm³/mol. The molecule has 0 bridgehead atoms. The van der Waals surface area contributed by atoms with Crippen molar-refractivity contribution in [1.82, 2.24) is 8.75 Å². The van der Waals surface area contributed by atoms with Crippen LogP contribution in [0.2, 0.25) is 0 Å². The first-order valence-corrected chi connectivity index (χ1v) is 4.44. The summed E-state index contributed by atoms with van der Waals surface area (Å²) in [6.07, 6.45) is 2.72. The summed E-state index contributed by atoms with van der Waals surface area (Å²) in [5, 5.41) is 0. The third-order valence-electron chi connectivity index (χ3n) is 1.56. The number of ketones is 1. The minimum absolute atomic E-state index is 0.00981. The van der Waals surface area contributed by atoms with Crippen molar-refractivity contribution in [2.75, 3.05) is 0 Å². The third-order valence-corrected chi connectivity index (χ3v) is 2.04. The molecule has 0 radical (unpaired) electrons. The summed E-state index contributed by atoms with van der Waals surface area (Å²) < 4.78 is 7.60. The quantitative estimate of drug-likeness (QED) is 0.529. The van der Waals surface area contributed by atoms with Gasteiger partial charge in [-0.05, 0) is 6.42 Å². The van der Waals surface area contributed by atoms with E-state index in [-0.39, 0.29) is 5.78 Å². The molecule has 12 heavy (non-hydrogen) atoms. The first-order valence-electron chi connectivity index (χ1n) is 3.71. The van der Waals surface area contributed by atoms with E-state index >= 15 is 0 Å². The Labute approximate surface area is 75.5 Å². The summed E-state index contributed by atoms with van der Waals surface area (Å²) >= 11 is 1.05. The smallest absolute Gasteiger partial charge is 0.187 e. The van der Waals surface area contributed by atoms with Crippen LogP contribution < -0.4 is 0 Å². The molecule has 0 aliphatic heterocycles. The predicted octanol–water partition coefficient (Wildman–Crippen LogP) is 2.08. The van der Waals surface area contributed by atoms with Crippen molar-refractivity contribution >= 4 is 17.5 Å². The number of rotatable bonds is 4. The lowest BCUT2D eigenvalue weighted by Gasteiger charge is -1.97. The molecule has 64 valence electrons. The lowest BCUT2D eigenvalue weighted by atomic mass is 10.1. The molecule has 1 aromatic rings. The number of hydrogen-bond donors (Lipinski definition) is 0. The average molecular weight is 182 g/mol. The fourth-order valence-electron chi connectivity index (χ4n) is 0.730. The van der Waals surface area contributed by atoms with Gasteiger partial charge < -0.3 is 0 Å². The summed E-state index contributed by atoms with van der Waals surface area (Å²) in [7, 11) is 0. The molecule has 0 saturated heterocycles. The highest BCUT2D eigenvalue weighted by atomic mass is 32.1. The van der Waals surface area contributed by atoms with E-state index in [4.69, 9.17) is 0 Å². The second-order valence-corrected chi connectivity index (χ2v) is 3.05. The molecule has 0 fully saturated rings. The number of nitrogens with zero attached hydrogens (tertiary/aromatic N) is 2. The van der Waals surface area contributed by atoms with Gasteiger partial charge >= 0.3 is 0 Å². The fourth-order valence-corrected chi connectivity index (χ4v) is 1.16. The number of carbonyl (C=O) groups is 1. The number of aromatic nitrogens is 2. The van der Waals surface area contributed by atoms with Crippen LogP contribution in [-0.2, 0) is 0 Å². The second kappa shape index (κ2) is 4.11. The van der Waals surface area contributed by atoms with E-state index in [2.05, 4.69) is 15.3 Å². The number of carbonyl (C=O) groups excluding carboxylic acids is 1. The summed E-state index contributed by atoms with van der Waals surface area (Å²) in [6.45, 7) is 5.74. The molecule has 0 atom stereocenters. The summed E-state index contributed by atoms with van der Waals surface area (Å²) in [5.41, 5.74) is 1.39. The van der Waals surface area contributed by atoms with E-state index in [9.17, 15) is 4.79 Å². The molecular weight excluding hydrogens is 172 g/mol. The van der Waals surface area contributed by atoms with Gasteiger partial charge in [-0.2, -0.15) is 8.75 Å². The molecule has 0 aliphatic carbocycles. The Hall–Kier alpha value is -1.03. The Bertz CT molecular complexity index is 279. The standard InChI is InChI=1S/C8H10N2OS/c1-3-6(2)4-8(11)7-5-9-12-10-7/h5H,2-4H2,1H3. The van der Waals surface area contributed by atoms with E-state index in [0.29, 0.717) is 12.1 Å². The van der Waals surface area contributed by atoms with Crippen LogP contribution in [-0.4, -0.2) is 14.5 Å². The van der Waals surface area contributed by atoms with Crippen molar-refractivity contribution in [3.05, 3.63) is 24.0 Å². The topological polar surface area (TPSA) is 42.9 Å². The first kappa shape index (κ1) is 9.06. The van der Waals surface area contributed by atoms with Crippen LogP contribution in [0.4, 0.5) is 0 Å². The maximum Gasteiger partial charge on any atom is 0.187 e. The van der Waals surface area contributed by atoms with E-state index in [1.54, 1.807) is 0 Å². The summed E-state index contributed by atoms with van der Waals surface area (Å²) in [4.78, 5) is 11.3. The Kier molecular flexibility index (Phi) is 3.10. The molecule has 4 heteroatoms. The lowest BCUT2D eigenvalue weighted by Crippen LogP contribution is -1.99. The van der Waals surface area contributed by atoms with Crippen LogP contribution in [0.15, 0.2) is 18.3 Å². The highest BCUT2D eigenvalue weighted by Gasteiger charge is 2.08. The highest BCUT2D eigenvalue weighted by molar-refractivity contribution is 6.99. The van der Waals surface area contributed by atoms with Gasteiger partial charge in [0, 0.05) is 6.42 Å². The molecule has 0 aliphatic rings. The third kappa shape index (κ3) is 2.23. The Morgan fingerprint density at radius 3 is 3.00 bits per heavy atom. The normalized spacial score (nSPS) is 9.75. The molecule has 0 saturated carbocycles. The molecule has 0 N–H and O–H groups in total. The largest absolute Gasteiger partial charge is 0.292 e. The maximum atomic E-state index is 11.3. The van der Waals surface area contributed by atoms with E-state index < -0.39 is 0 Å². The molecular formula is C8H10N2OS. The Morgan fingerprint density at radius 2 is 2.50 bits per heavy atom. The van der Waals surface area contributed by atoms with Crippen molar-refractivity contribution in [3.8, 4) is 0 Å². The molecule has 0 amide bonds. The van der Waals surface area contributed by atoms with Gasteiger partial charge in [0.25, 0.3) is 0 Å².